The van der Waals surface area contributed by atoms with E-state index in [0.717, 1.165) is 29.2 Å². The quantitative estimate of drug-likeness (QED) is 0.470. The molecule has 1 aliphatic heterocycles. The van der Waals surface area contributed by atoms with Crippen LogP contribution >= 0.6 is 11.3 Å². The van der Waals surface area contributed by atoms with Crippen LogP contribution in [-0.4, -0.2) is 34.0 Å². The minimum Gasteiger partial charge on any atom is -0.347 e. The first kappa shape index (κ1) is 20.4. The summed E-state index contributed by atoms with van der Waals surface area (Å²) in [6.45, 7) is 1.31. The number of anilines is 2. The first-order valence-electron chi connectivity index (χ1n) is 10.6. The molecule has 8 heteroatoms. The van der Waals surface area contributed by atoms with Gasteiger partial charge in [-0.25, -0.2) is 4.98 Å². The number of aryl methyl sites for hydroxylation is 1. The van der Waals surface area contributed by atoms with Crippen molar-refractivity contribution in [2.75, 3.05) is 23.4 Å². The summed E-state index contributed by atoms with van der Waals surface area (Å²) in [5.41, 5.74) is 3.45. The van der Waals surface area contributed by atoms with Crippen LogP contribution in [0.1, 0.15) is 17.5 Å². The molecule has 5 rings (SSSR count). The number of hydrogen-bond acceptors (Lipinski definition) is 6. The van der Waals surface area contributed by atoms with Gasteiger partial charge in [0.15, 0.2) is 10.8 Å². The first-order valence-corrected chi connectivity index (χ1v) is 11.4. The highest BCUT2D eigenvalue weighted by Crippen LogP contribution is 2.27. The number of benzene rings is 2. The van der Waals surface area contributed by atoms with E-state index in [1.165, 1.54) is 27.8 Å². The number of para-hydroxylation sites is 1. The Morgan fingerprint density at radius 2 is 1.91 bits per heavy atom. The Morgan fingerprint density at radius 3 is 2.75 bits per heavy atom. The van der Waals surface area contributed by atoms with E-state index >= 15 is 0 Å². The van der Waals surface area contributed by atoms with Crippen molar-refractivity contribution >= 4 is 38.4 Å². The van der Waals surface area contributed by atoms with Crippen molar-refractivity contribution in [3.8, 4) is 0 Å². The summed E-state index contributed by atoms with van der Waals surface area (Å²) >= 11 is 1.31. The summed E-state index contributed by atoms with van der Waals surface area (Å²) in [6, 6.07) is 18.0. The topological polar surface area (TPSA) is 71.3 Å². The van der Waals surface area contributed by atoms with E-state index in [2.05, 4.69) is 28.2 Å². The van der Waals surface area contributed by atoms with Crippen LogP contribution in [0.25, 0.3) is 10.3 Å². The fourth-order valence-electron chi connectivity index (χ4n) is 4.06. The van der Waals surface area contributed by atoms with Crippen molar-refractivity contribution in [2.45, 2.75) is 25.9 Å². The first-order chi connectivity index (χ1) is 15.6. The molecule has 4 aromatic rings. The molecule has 3 heterocycles. The molecule has 0 aliphatic carbocycles. The van der Waals surface area contributed by atoms with Crippen molar-refractivity contribution in [1.82, 2.24) is 14.5 Å². The maximum Gasteiger partial charge on any atom is 0.273 e. The number of hydrogen-bond donors (Lipinski definition) is 0. The predicted molar refractivity (Wildman–Crippen MR) is 127 cm³/mol. The lowest BCUT2D eigenvalue weighted by Crippen LogP contribution is -2.39. The molecular weight excluding hydrogens is 422 g/mol. The molecule has 32 heavy (non-hydrogen) atoms. The third-order valence-corrected chi connectivity index (χ3v) is 6.83. The molecule has 0 N–H and O–H groups in total. The van der Waals surface area contributed by atoms with Crippen LogP contribution in [0.3, 0.4) is 0 Å². The van der Waals surface area contributed by atoms with Crippen molar-refractivity contribution in [2.24, 2.45) is 0 Å². The van der Waals surface area contributed by atoms with Gasteiger partial charge in [0, 0.05) is 25.8 Å². The summed E-state index contributed by atoms with van der Waals surface area (Å²) in [5.74, 6) is -0.105. The van der Waals surface area contributed by atoms with E-state index < -0.39 is 0 Å². The Balaban J connectivity index is 1.38. The van der Waals surface area contributed by atoms with E-state index in [4.69, 9.17) is 0 Å². The summed E-state index contributed by atoms with van der Waals surface area (Å²) in [6.07, 6.45) is 3.31. The minimum atomic E-state index is -0.231. The summed E-state index contributed by atoms with van der Waals surface area (Å²) in [5, 5.41) is 0.725. The van der Waals surface area contributed by atoms with Gasteiger partial charge < -0.3 is 9.80 Å². The Morgan fingerprint density at radius 1 is 1.12 bits per heavy atom. The fourth-order valence-corrected chi connectivity index (χ4v) is 4.99. The Labute approximate surface area is 189 Å². The van der Waals surface area contributed by atoms with Gasteiger partial charge in [0.2, 0.25) is 5.91 Å². The second-order valence-corrected chi connectivity index (χ2v) is 8.92. The van der Waals surface area contributed by atoms with Gasteiger partial charge in [0.25, 0.3) is 5.56 Å². The highest BCUT2D eigenvalue weighted by atomic mass is 32.1. The molecule has 0 unspecified atom stereocenters. The summed E-state index contributed by atoms with van der Waals surface area (Å²) in [4.78, 5) is 38.8. The maximum absolute atomic E-state index is 13.1. The molecule has 0 saturated carbocycles. The van der Waals surface area contributed by atoms with E-state index in [9.17, 15) is 9.59 Å². The van der Waals surface area contributed by atoms with Crippen molar-refractivity contribution < 1.29 is 4.79 Å². The molecular formula is C24H23N5O2S. The molecule has 1 amide bonds. The highest BCUT2D eigenvalue weighted by Gasteiger charge is 2.23. The fraction of sp³-hybridized carbons (Fsp3) is 0.250. The van der Waals surface area contributed by atoms with Gasteiger partial charge in [-0.15, -0.1) is 0 Å². The average Bonchev–Trinajstić information content (AvgIpc) is 3.27. The molecule has 2 aromatic heterocycles. The van der Waals surface area contributed by atoms with Gasteiger partial charge in [-0.3, -0.25) is 14.2 Å². The summed E-state index contributed by atoms with van der Waals surface area (Å²) < 4.78 is 1.86. The average molecular weight is 446 g/mol. The maximum atomic E-state index is 13.1. The monoisotopic (exact) mass is 445 g/mol. The Kier molecular flexibility index (Phi) is 5.45. The van der Waals surface area contributed by atoms with Crippen LogP contribution in [0.4, 0.5) is 10.8 Å². The van der Waals surface area contributed by atoms with Crippen LogP contribution in [0.15, 0.2) is 65.7 Å². The number of aromatic nitrogens is 3. The standard InChI is InChI=1S/C24H23N5O2S/c1-27(14-17-8-3-2-4-9-17)24-26-22-21(32-24)23(31)28(16-25-22)15-20(30)29-13-7-11-18-10-5-6-12-19(18)29/h2-6,8-10,12,16H,7,11,13-15H2,1H3. The van der Waals surface area contributed by atoms with Crippen LogP contribution in [0.2, 0.25) is 0 Å². The zero-order valence-corrected chi connectivity index (χ0v) is 18.6. The lowest BCUT2D eigenvalue weighted by Gasteiger charge is -2.29. The van der Waals surface area contributed by atoms with E-state index in [0.29, 0.717) is 23.4 Å². The van der Waals surface area contributed by atoms with Crippen molar-refractivity contribution in [3.63, 3.8) is 0 Å². The molecule has 2 aromatic carbocycles. The number of thiazole rings is 1. The zero-order valence-electron chi connectivity index (χ0n) is 17.8. The van der Waals surface area contributed by atoms with Crippen LogP contribution < -0.4 is 15.4 Å². The molecule has 0 atom stereocenters. The number of carbonyl (C=O) groups is 1. The van der Waals surface area contributed by atoms with E-state index in [1.807, 2.05) is 48.3 Å². The molecule has 162 valence electrons. The van der Waals surface area contributed by atoms with Gasteiger partial charge in [-0.2, -0.15) is 4.98 Å². The summed E-state index contributed by atoms with van der Waals surface area (Å²) in [7, 11) is 1.95. The molecule has 0 bridgehead atoms. The number of fused-ring (bicyclic) bond motifs is 2. The molecule has 1 aliphatic rings. The Hall–Kier alpha value is -3.52. The lowest BCUT2D eigenvalue weighted by molar-refractivity contribution is -0.119. The number of rotatable bonds is 5. The van der Waals surface area contributed by atoms with Gasteiger partial charge in [0.1, 0.15) is 17.6 Å². The van der Waals surface area contributed by atoms with Gasteiger partial charge in [0.05, 0.1) is 0 Å². The molecule has 0 fully saturated rings. The second kappa shape index (κ2) is 8.55. The molecule has 0 saturated heterocycles. The van der Waals surface area contributed by atoms with E-state index in [1.54, 1.807) is 4.90 Å². The van der Waals surface area contributed by atoms with Crippen molar-refractivity contribution in [3.05, 3.63) is 82.4 Å². The Bertz CT molecular complexity index is 1330. The van der Waals surface area contributed by atoms with Crippen LogP contribution in [0, 0.1) is 0 Å². The molecule has 0 radical (unpaired) electrons. The molecule has 0 spiro atoms. The van der Waals surface area contributed by atoms with Crippen LogP contribution in [0.5, 0.6) is 0 Å². The van der Waals surface area contributed by atoms with Crippen molar-refractivity contribution in [1.29, 1.82) is 0 Å². The van der Waals surface area contributed by atoms with Gasteiger partial charge >= 0.3 is 0 Å². The van der Waals surface area contributed by atoms with Crippen LogP contribution in [-0.2, 0) is 24.3 Å². The normalized spacial score (nSPS) is 13.2. The third-order valence-electron chi connectivity index (χ3n) is 5.68. The van der Waals surface area contributed by atoms with Gasteiger partial charge in [-0.1, -0.05) is 59.9 Å². The molecule has 7 nitrogen and oxygen atoms in total. The van der Waals surface area contributed by atoms with Gasteiger partial charge in [-0.05, 0) is 30.0 Å². The largest absolute Gasteiger partial charge is 0.347 e. The van der Waals surface area contributed by atoms with E-state index in [-0.39, 0.29) is 18.0 Å². The zero-order chi connectivity index (χ0) is 22.1. The number of amides is 1. The predicted octanol–water partition coefficient (Wildman–Crippen LogP) is 3.47. The number of nitrogens with zero attached hydrogens (tertiary/aromatic N) is 5. The lowest BCUT2D eigenvalue weighted by atomic mass is 10.0. The second-order valence-electron chi connectivity index (χ2n) is 7.95. The third kappa shape index (κ3) is 3.89. The number of carbonyl (C=O) groups excluding carboxylic acids is 1. The highest BCUT2D eigenvalue weighted by molar-refractivity contribution is 7.22. The SMILES string of the molecule is CN(Cc1ccccc1)c1nc2ncn(CC(=O)N3CCCc4ccccc43)c(=O)c2s1. The minimum absolute atomic E-state index is 0.0385. The smallest absolute Gasteiger partial charge is 0.273 e.